The van der Waals surface area contributed by atoms with Crippen molar-refractivity contribution in [3.05, 3.63) is 0 Å². The zero-order valence-corrected chi connectivity index (χ0v) is 26.0. The summed E-state index contributed by atoms with van der Waals surface area (Å²) in [5.74, 6) is -6.99. The summed E-state index contributed by atoms with van der Waals surface area (Å²) in [4.78, 5) is 68.4. The second-order valence-electron chi connectivity index (χ2n) is 15.0. The number of ether oxygens (including phenoxy) is 1. The van der Waals surface area contributed by atoms with E-state index in [-0.39, 0.29) is 67.0 Å². The van der Waals surface area contributed by atoms with Crippen LogP contribution in [0.3, 0.4) is 0 Å². The molecule has 0 aromatic heterocycles. The Hall–Kier alpha value is -2.19. The SMILES string of the molecule is CC(C)(C)OC(=O)C[C@H]1CCCCCCC(F)(F)CC[C@@H](C(=O)C(=O)CC2CC2)CC(=O)[C@@H]2[C@@H]3[C@H](CN2C1=O)C3(C)C. The molecule has 1 amide bonds. The molecule has 2 saturated heterocycles. The van der Waals surface area contributed by atoms with Crippen molar-refractivity contribution in [2.45, 2.75) is 136 Å². The van der Waals surface area contributed by atoms with E-state index in [1.54, 1.807) is 25.7 Å². The van der Waals surface area contributed by atoms with Crippen molar-refractivity contribution < 1.29 is 37.5 Å². The molecular weight excluding hydrogens is 544 g/mol. The summed E-state index contributed by atoms with van der Waals surface area (Å²) in [7, 11) is 0. The number of amides is 1. The van der Waals surface area contributed by atoms with Gasteiger partial charge in [-0.2, -0.15) is 0 Å². The third-order valence-corrected chi connectivity index (χ3v) is 9.97. The summed E-state index contributed by atoms with van der Waals surface area (Å²) in [6.45, 7) is 9.78. The van der Waals surface area contributed by atoms with Crippen LogP contribution in [-0.2, 0) is 28.7 Å². The van der Waals surface area contributed by atoms with Crippen LogP contribution < -0.4 is 0 Å². The fourth-order valence-electron chi connectivity index (χ4n) is 7.25. The Morgan fingerprint density at radius 3 is 2.24 bits per heavy atom. The second-order valence-corrected chi connectivity index (χ2v) is 15.0. The first-order valence-corrected chi connectivity index (χ1v) is 16.0. The van der Waals surface area contributed by atoms with Crippen LogP contribution >= 0.6 is 0 Å². The van der Waals surface area contributed by atoms with E-state index >= 15 is 0 Å². The minimum absolute atomic E-state index is 0.102. The summed E-state index contributed by atoms with van der Waals surface area (Å²) >= 11 is 0. The number of Topliss-reactive ketones (excluding diaryl/α,β-unsaturated/α-hetero) is 3. The predicted octanol–water partition coefficient (Wildman–Crippen LogP) is 6.10. The highest BCUT2D eigenvalue weighted by Crippen LogP contribution is 2.65. The van der Waals surface area contributed by atoms with E-state index in [1.165, 1.54) is 0 Å². The molecule has 2 saturated carbocycles. The number of carbonyl (C=O) groups excluding carboxylic acids is 5. The number of carbonyl (C=O) groups is 5. The largest absolute Gasteiger partial charge is 0.460 e. The molecule has 2 aliphatic heterocycles. The number of halogens is 2. The number of hydrogen-bond acceptors (Lipinski definition) is 6. The number of fused-ring (bicyclic) bond motifs is 3. The van der Waals surface area contributed by atoms with Gasteiger partial charge in [0.15, 0.2) is 11.6 Å². The average Bonchev–Trinajstić information content (AvgIpc) is 3.72. The van der Waals surface area contributed by atoms with Crippen molar-refractivity contribution in [1.82, 2.24) is 4.90 Å². The number of rotatable bonds is 6. The van der Waals surface area contributed by atoms with Gasteiger partial charge in [-0.05, 0) is 76.0 Å². The normalized spacial score (nSPS) is 32.1. The zero-order chi connectivity index (χ0) is 31.0. The van der Waals surface area contributed by atoms with Gasteiger partial charge in [-0.15, -0.1) is 0 Å². The van der Waals surface area contributed by atoms with Crippen LogP contribution in [0.4, 0.5) is 8.78 Å². The van der Waals surface area contributed by atoms with Crippen molar-refractivity contribution >= 4 is 29.2 Å². The topological polar surface area (TPSA) is 97.8 Å². The standard InChI is InChI=1S/C33H49F2NO6/c1-31(2,3)42-26(39)18-22-10-8-6-7-9-14-33(34,35)15-13-21(29(40)25(38)16-20-11-12-20)17-24(37)28-27-23(32(27,4)5)19-36(28)30(22)41/h20-23,27-28H,6-19H2,1-5H3/t21-,22-,23+,27+,28-/m1/s1. The molecule has 5 atom stereocenters. The smallest absolute Gasteiger partial charge is 0.307 e. The summed E-state index contributed by atoms with van der Waals surface area (Å²) in [5.41, 5.74) is -0.882. The fourth-order valence-corrected chi connectivity index (χ4v) is 7.25. The minimum Gasteiger partial charge on any atom is -0.460 e. The molecule has 0 spiro atoms. The molecule has 2 aliphatic carbocycles. The molecule has 4 fully saturated rings. The second kappa shape index (κ2) is 12.4. The van der Waals surface area contributed by atoms with Crippen molar-refractivity contribution in [3.63, 3.8) is 0 Å². The monoisotopic (exact) mass is 593 g/mol. The molecule has 0 N–H and O–H groups in total. The van der Waals surface area contributed by atoms with Crippen molar-refractivity contribution in [1.29, 1.82) is 0 Å². The Balaban J connectivity index is 1.60. The van der Waals surface area contributed by atoms with Gasteiger partial charge in [-0.25, -0.2) is 8.78 Å². The molecule has 0 aromatic carbocycles. The number of alkyl halides is 2. The number of hydrogen-bond donors (Lipinski definition) is 0. The number of esters is 1. The van der Waals surface area contributed by atoms with Gasteiger partial charge in [0, 0.05) is 44.1 Å². The van der Waals surface area contributed by atoms with Gasteiger partial charge in [0.1, 0.15) is 5.60 Å². The Kier molecular flexibility index (Phi) is 9.68. The summed E-state index contributed by atoms with van der Waals surface area (Å²) in [6, 6.07) is -0.791. The molecule has 0 unspecified atom stereocenters. The van der Waals surface area contributed by atoms with Gasteiger partial charge in [0.25, 0.3) is 0 Å². The molecule has 236 valence electrons. The van der Waals surface area contributed by atoms with Crippen LogP contribution in [0.1, 0.15) is 118 Å². The molecular formula is C33H49F2NO6. The Labute approximate surface area is 248 Å². The summed E-state index contributed by atoms with van der Waals surface area (Å²) < 4.78 is 35.2. The fraction of sp³-hybridized carbons (Fsp3) is 0.848. The molecule has 42 heavy (non-hydrogen) atoms. The molecule has 4 aliphatic rings. The zero-order valence-electron chi connectivity index (χ0n) is 26.0. The lowest BCUT2D eigenvalue weighted by molar-refractivity contribution is -0.159. The lowest BCUT2D eigenvalue weighted by atomic mass is 9.84. The molecule has 0 aromatic rings. The van der Waals surface area contributed by atoms with E-state index < -0.39 is 53.4 Å². The van der Waals surface area contributed by atoms with Crippen LogP contribution in [0.25, 0.3) is 0 Å². The molecule has 4 rings (SSSR count). The van der Waals surface area contributed by atoms with E-state index in [4.69, 9.17) is 4.74 Å². The first kappa shape index (κ1) is 32.7. The average molecular weight is 594 g/mol. The van der Waals surface area contributed by atoms with Gasteiger partial charge >= 0.3 is 5.97 Å². The van der Waals surface area contributed by atoms with Crippen molar-refractivity contribution in [2.24, 2.45) is 35.0 Å². The first-order valence-electron chi connectivity index (χ1n) is 16.0. The predicted molar refractivity (Wildman–Crippen MR) is 153 cm³/mol. The van der Waals surface area contributed by atoms with E-state index in [9.17, 15) is 32.8 Å². The van der Waals surface area contributed by atoms with Crippen LogP contribution in [0, 0.1) is 35.0 Å². The summed E-state index contributed by atoms with van der Waals surface area (Å²) in [6.07, 6.45) is 2.84. The third-order valence-electron chi connectivity index (χ3n) is 9.97. The third kappa shape index (κ3) is 8.04. The highest BCUT2D eigenvalue weighted by Gasteiger charge is 2.69. The maximum Gasteiger partial charge on any atom is 0.307 e. The first-order chi connectivity index (χ1) is 19.5. The molecule has 9 heteroatoms. The van der Waals surface area contributed by atoms with E-state index in [0.29, 0.717) is 38.6 Å². The highest BCUT2D eigenvalue weighted by molar-refractivity contribution is 6.38. The van der Waals surface area contributed by atoms with Crippen LogP contribution in [0.5, 0.6) is 0 Å². The highest BCUT2D eigenvalue weighted by atomic mass is 19.3. The van der Waals surface area contributed by atoms with Crippen molar-refractivity contribution in [3.8, 4) is 0 Å². The number of ketones is 3. The molecule has 7 nitrogen and oxygen atoms in total. The van der Waals surface area contributed by atoms with E-state index in [0.717, 1.165) is 12.8 Å². The molecule has 2 heterocycles. The Morgan fingerprint density at radius 1 is 0.929 bits per heavy atom. The van der Waals surface area contributed by atoms with Gasteiger partial charge < -0.3 is 9.64 Å². The maximum absolute atomic E-state index is 14.9. The van der Waals surface area contributed by atoms with Crippen LogP contribution in [0.2, 0.25) is 0 Å². The van der Waals surface area contributed by atoms with Gasteiger partial charge in [-0.1, -0.05) is 33.1 Å². The number of piperidine rings is 1. The van der Waals surface area contributed by atoms with Gasteiger partial charge in [-0.3, -0.25) is 24.0 Å². The molecule has 0 radical (unpaired) electrons. The Morgan fingerprint density at radius 2 is 1.60 bits per heavy atom. The maximum atomic E-state index is 14.9. The van der Waals surface area contributed by atoms with E-state index in [1.807, 2.05) is 0 Å². The summed E-state index contributed by atoms with van der Waals surface area (Å²) in [5, 5.41) is 0. The van der Waals surface area contributed by atoms with Gasteiger partial charge in [0.05, 0.1) is 12.5 Å². The number of nitrogens with zero attached hydrogens (tertiary/aromatic N) is 1. The Bertz CT molecular complexity index is 1070. The van der Waals surface area contributed by atoms with Gasteiger partial charge in [0.2, 0.25) is 17.6 Å². The molecule has 0 bridgehead atoms. The quantitative estimate of drug-likeness (QED) is 0.273. The van der Waals surface area contributed by atoms with Crippen LogP contribution in [-0.4, -0.2) is 58.2 Å². The van der Waals surface area contributed by atoms with E-state index in [2.05, 4.69) is 13.8 Å². The lowest BCUT2D eigenvalue weighted by Gasteiger charge is -2.34. The minimum atomic E-state index is -2.99. The van der Waals surface area contributed by atoms with Crippen LogP contribution in [0.15, 0.2) is 0 Å². The lowest BCUT2D eigenvalue weighted by Crippen LogP contribution is -2.49. The van der Waals surface area contributed by atoms with Crippen molar-refractivity contribution in [2.75, 3.05) is 6.54 Å².